The molecule has 0 fully saturated rings. The topological polar surface area (TPSA) is 38.3 Å². The van der Waals surface area contributed by atoms with Crippen LogP contribution >= 0.6 is 22.9 Å². The largest absolute Gasteiger partial charge is 0.463 e. The van der Waals surface area contributed by atoms with Crippen LogP contribution in [0.5, 0.6) is 0 Å². The van der Waals surface area contributed by atoms with Crippen LogP contribution in [-0.4, -0.2) is 12.6 Å². The van der Waals surface area contributed by atoms with Gasteiger partial charge in [0.05, 0.1) is 35.0 Å². The Morgan fingerprint density at radius 2 is 2.08 bits per heavy atom. The van der Waals surface area contributed by atoms with Gasteiger partial charge in [-0.1, -0.05) is 13.8 Å². The second-order valence-electron chi connectivity index (χ2n) is 1.66. The highest BCUT2D eigenvalue weighted by atomic mass is 127. The number of rotatable bonds is 3. The van der Waals surface area contributed by atoms with Gasteiger partial charge in [0.15, 0.2) is 0 Å². The van der Waals surface area contributed by atoms with Gasteiger partial charge in [0.1, 0.15) is 0 Å². The van der Waals surface area contributed by atoms with Gasteiger partial charge in [-0.15, -0.1) is 0 Å². The molecule has 0 unspecified atom stereocenters. The molecule has 0 saturated heterocycles. The predicted octanol–water partition coefficient (Wildman–Crippen LogP) is 2.42. The van der Waals surface area contributed by atoms with Crippen molar-refractivity contribution >= 4 is 28.8 Å². The molecule has 0 aromatic carbocycles. The smallest absolute Gasteiger partial charge is 0.335 e. The fourth-order valence-electron chi connectivity index (χ4n) is 0.386. The average molecular weight is 285 g/mol. The highest BCUT2D eigenvalue weighted by molar-refractivity contribution is 14.1. The minimum absolute atomic E-state index is 0.272. The van der Waals surface area contributed by atoms with E-state index in [9.17, 15) is 4.79 Å². The first kappa shape index (κ1) is 14.3. The Kier molecular flexibility index (Phi) is 12.8. The van der Waals surface area contributed by atoms with Crippen molar-refractivity contribution in [1.82, 2.24) is 3.53 Å². The van der Waals surface area contributed by atoms with Gasteiger partial charge in [0, 0.05) is 6.20 Å². The molecule has 12 heavy (non-hydrogen) atoms. The summed E-state index contributed by atoms with van der Waals surface area (Å²) in [7, 11) is 0. The maximum absolute atomic E-state index is 10.8. The standard InChI is InChI=1S/C6H10INO2.C2H6/c1-3-10-6(9)5(2)4-8-7;1-2/h4,8H,3H2,1-2H3;1-2H3/b5-4+;. The van der Waals surface area contributed by atoms with Gasteiger partial charge in [-0.25, -0.2) is 4.79 Å². The van der Waals surface area contributed by atoms with Gasteiger partial charge in [-0.2, -0.15) is 0 Å². The molecule has 0 aliphatic rings. The highest BCUT2D eigenvalue weighted by Gasteiger charge is 2.01. The highest BCUT2D eigenvalue weighted by Crippen LogP contribution is 1.94. The van der Waals surface area contributed by atoms with E-state index in [1.54, 1.807) is 20.0 Å². The Bertz CT molecular complexity index is 146. The monoisotopic (exact) mass is 285 g/mol. The molecular weight excluding hydrogens is 269 g/mol. The second kappa shape index (κ2) is 10.7. The predicted molar refractivity (Wildman–Crippen MR) is 58.9 cm³/mol. The van der Waals surface area contributed by atoms with Crippen molar-refractivity contribution in [2.24, 2.45) is 0 Å². The maximum Gasteiger partial charge on any atom is 0.335 e. The maximum atomic E-state index is 10.8. The summed E-state index contributed by atoms with van der Waals surface area (Å²) in [6.45, 7) is 7.90. The van der Waals surface area contributed by atoms with E-state index in [4.69, 9.17) is 4.74 Å². The first-order chi connectivity index (χ1) is 5.72. The van der Waals surface area contributed by atoms with Crippen molar-refractivity contribution in [2.45, 2.75) is 27.7 Å². The van der Waals surface area contributed by atoms with Crippen molar-refractivity contribution in [3.63, 3.8) is 0 Å². The normalized spacial score (nSPS) is 9.58. The van der Waals surface area contributed by atoms with Crippen molar-refractivity contribution in [3.05, 3.63) is 11.8 Å². The van der Waals surface area contributed by atoms with Crippen LogP contribution in [0, 0.1) is 0 Å². The molecule has 0 rings (SSSR count). The average Bonchev–Trinajstić information content (AvgIpc) is 2.09. The number of carbonyl (C=O) groups is 1. The number of nitrogens with one attached hydrogen (secondary N) is 1. The molecule has 0 aliphatic heterocycles. The SMILES string of the molecule is CC.CCOC(=O)/C(C)=C/NI. The van der Waals surface area contributed by atoms with E-state index in [1.807, 2.05) is 36.7 Å². The molecule has 0 spiro atoms. The number of hydrogen-bond donors (Lipinski definition) is 1. The first-order valence-electron chi connectivity index (χ1n) is 3.92. The minimum atomic E-state index is -0.272. The third-order valence-corrected chi connectivity index (χ3v) is 1.18. The van der Waals surface area contributed by atoms with Crippen LogP contribution in [-0.2, 0) is 9.53 Å². The molecule has 0 aromatic heterocycles. The Balaban J connectivity index is 0. The number of carbonyl (C=O) groups excluding carboxylic acids is 1. The summed E-state index contributed by atoms with van der Waals surface area (Å²) in [4.78, 5) is 10.8. The molecule has 0 amide bonds. The van der Waals surface area contributed by atoms with Crippen LogP contribution < -0.4 is 3.53 Å². The Hall–Kier alpha value is -0.260. The molecule has 72 valence electrons. The van der Waals surface area contributed by atoms with E-state index in [1.165, 1.54) is 0 Å². The fraction of sp³-hybridized carbons (Fsp3) is 0.625. The summed E-state index contributed by atoms with van der Waals surface area (Å²) in [6, 6.07) is 0. The van der Waals surface area contributed by atoms with Gasteiger partial charge in [0.25, 0.3) is 0 Å². The summed E-state index contributed by atoms with van der Waals surface area (Å²) in [5.74, 6) is -0.272. The van der Waals surface area contributed by atoms with Crippen LogP contribution in [0.3, 0.4) is 0 Å². The number of esters is 1. The fourth-order valence-corrected chi connectivity index (χ4v) is 0.853. The van der Waals surface area contributed by atoms with Gasteiger partial charge in [-0.3, -0.25) is 0 Å². The van der Waals surface area contributed by atoms with E-state index in [-0.39, 0.29) is 5.97 Å². The van der Waals surface area contributed by atoms with Gasteiger partial charge < -0.3 is 8.27 Å². The molecule has 1 N–H and O–H groups in total. The Morgan fingerprint density at radius 1 is 1.58 bits per heavy atom. The lowest BCUT2D eigenvalue weighted by Gasteiger charge is -1.99. The summed E-state index contributed by atoms with van der Waals surface area (Å²) >= 11 is 1.93. The van der Waals surface area contributed by atoms with Crippen molar-refractivity contribution in [1.29, 1.82) is 0 Å². The molecule has 0 heterocycles. The Labute approximate surface area is 88.1 Å². The quantitative estimate of drug-likeness (QED) is 0.374. The lowest BCUT2D eigenvalue weighted by molar-refractivity contribution is -0.138. The van der Waals surface area contributed by atoms with Crippen molar-refractivity contribution in [2.75, 3.05) is 6.61 Å². The first-order valence-corrected chi connectivity index (χ1v) is 5.00. The van der Waals surface area contributed by atoms with Crippen molar-refractivity contribution < 1.29 is 9.53 Å². The van der Waals surface area contributed by atoms with E-state index in [2.05, 4.69) is 3.53 Å². The number of hydrogen-bond acceptors (Lipinski definition) is 3. The molecule has 0 aromatic rings. The zero-order chi connectivity index (χ0) is 9.98. The van der Waals surface area contributed by atoms with E-state index < -0.39 is 0 Å². The summed E-state index contributed by atoms with van der Waals surface area (Å²) in [6.07, 6.45) is 1.60. The molecule has 0 aliphatic carbocycles. The third-order valence-electron chi connectivity index (χ3n) is 0.868. The van der Waals surface area contributed by atoms with Crippen LogP contribution in [0.4, 0.5) is 0 Å². The lowest BCUT2D eigenvalue weighted by atomic mass is 10.3. The van der Waals surface area contributed by atoms with Crippen molar-refractivity contribution in [3.8, 4) is 0 Å². The van der Waals surface area contributed by atoms with Gasteiger partial charge in [0.2, 0.25) is 0 Å². The number of halogens is 1. The Morgan fingerprint density at radius 3 is 2.42 bits per heavy atom. The molecule has 0 saturated carbocycles. The van der Waals surface area contributed by atoms with Gasteiger partial charge in [-0.05, 0) is 13.8 Å². The number of ether oxygens (including phenoxy) is 1. The third kappa shape index (κ3) is 7.84. The van der Waals surface area contributed by atoms with Crippen LogP contribution in [0.25, 0.3) is 0 Å². The minimum Gasteiger partial charge on any atom is -0.463 e. The summed E-state index contributed by atoms with van der Waals surface area (Å²) < 4.78 is 7.42. The van der Waals surface area contributed by atoms with Crippen LogP contribution in [0.1, 0.15) is 27.7 Å². The van der Waals surface area contributed by atoms with Crippen LogP contribution in [0.2, 0.25) is 0 Å². The molecule has 0 atom stereocenters. The zero-order valence-corrected chi connectivity index (χ0v) is 10.1. The second-order valence-corrected chi connectivity index (χ2v) is 2.28. The summed E-state index contributed by atoms with van der Waals surface area (Å²) in [5.41, 5.74) is 0.580. The molecular formula is C8H16INO2. The molecule has 0 bridgehead atoms. The van der Waals surface area contributed by atoms with E-state index in [0.29, 0.717) is 12.2 Å². The van der Waals surface area contributed by atoms with Crippen LogP contribution in [0.15, 0.2) is 11.8 Å². The summed E-state index contributed by atoms with van der Waals surface area (Å²) in [5, 5.41) is 0. The zero-order valence-electron chi connectivity index (χ0n) is 7.98. The lowest BCUT2D eigenvalue weighted by Crippen LogP contribution is -2.06. The van der Waals surface area contributed by atoms with E-state index >= 15 is 0 Å². The molecule has 4 heteroatoms. The van der Waals surface area contributed by atoms with E-state index in [0.717, 1.165) is 0 Å². The van der Waals surface area contributed by atoms with Gasteiger partial charge >= 0.3 is 5.97 Å². The molecule has 0 radical (unpaired) electrons. The molecule has 3 nitrogen and oxygen atoms in total.